The van der Waals surface area contributed by atoms with Crippen molar-refractivity contribution in [1.29, 1.82) is 0 Å². The van der Waals surface area contributed by atoms with Gasteiger partial charge in [0, 0.05) is 30.6 Å². The van der Waals surface area contributed by atoms with E-state index in [1.165, 1.54) is 0 Å². The summed E-state index contributed by atoms with van der Waals surface area (Å²) in [5.41, 5.74) is 7.64. The molecule has 0 spiro atoms. The summed E-state index contributed by atoms with van der Waals surface area (Å²) in [6.45, 7) is 4.79. The number of nitrogens with two attached hydrogens (primary N) is 1. The Labute approximate surface area is 96.2 Å². The van der Waals surface area contributed by atoms with Crippen LogP contribution in [0.2, 0.25) is 0 Å². The van der Waals surface area contributed by atoms with Gasteiger partial charge in [-0.15, -0.1) is 0 Å². The molecular formula is C12H19N3O. The van der Waals surface area contributed by atoms with Crippen LogP contribution in [-0.2, 0) is 4.74 Å². The molecule has 88 valence electrons. The molecule has 0 atom stereocenters. The van der Waals surface area contributed by atoms with Crippen LogP contribution in [0.5, 0.6) is 0 Å². The molecule has 1 aliphatic rings. The first-order valence-electron chi connectivity index (χ1n) is 5.79. The van der Waals surface area contributed by atoms with E-state index in [-0.39, 0.29) is 0 Å². The molecule has 1 heterocycles. The maximum Gasteiger partial charge on any atom is 0.128 e. The summed E-state index contributed by atoms with van der Waals surface area (Å²) in [5, 5.41) is 3.36. The molecule has 1 aromatic heterocycles. The van der Waals surface area contributed by atoms with Crippen molar-refractivity contribution >= 4 is 11.5 Å². The fourth-order valence-electron chi connectivity index (χ4n) is 1.88. The smallest absolute Gasteiger partial charge is 0.128 e. The molecule has 4 heteroatoms. The lowest BCUT2D eigenvalue weighted by Gasteiger charge is -2.35. The van der Waals surface area contributed by atoms with Crippen LogP contribution in [0.25, 0.3) is 0 Å². The number of aromatic nitrogens is 1. The zero-order valence-electron chi connectivity index (χ0n) is 9.86. The number of pyridine rings is 1. The van der Waals surface area contributed by atoms with Crippen LogP contribution in [0.15, 0.2) is 12.3 Å². The van der Waals surface area contributed by atoms with E-state index < -0.39 is 0 Å². The fourth-order valence-corrected chi connectivity index (χ4v) is 1.88. The molecule has 1 fully saturated rings. The topological polar surface area (TPSA) is 60.2 Å². The molecule has 0 unspecified atom stereocenters. The van der Waals surface area contributed by atoms with E-state index in [9.17, 15) is 0 Å². The van der Waals surface area contributed by atoms with Crippen LogP contribution in [0.4, 0.5) is 11.5 Å². The average Bonchev–Trinajstić information content (AvgIpc) is 2.20. The van der Waals surface area contributed by atoms with Gasteiger partial charge in [0.15, 0.2) is 0 Å². The van der Waals surface area contributed by atoms with Gasteiger partial charge < -0.3 is 15.8 Å². The standard InChI is InChI=1S/C12H19N3O/c1-3-16-10-4-9(5-10)15-12-6-11(13)8(2)7-14-12/h6-7,9-10H,3-5H2,1-2H3,(H3,13,14,15). The summed E-state index contributed by atoms with van der Waals surface area (Å²) in [6, 6.07) is 2.37. The number of nitrogens with zero attached hydrogens (tertiary/aromatic N) is 1. The van der Waals surface area contributed by atoms with Crippen molar-refractivity contribution in [2.75, 3.05) is 17.7 Å². The summed E-state index contributed by atoms with van der Waals surface area (Å²) in [4.78, 5) is 4.30. The zero-order chi connectivity index (χ0) is 11.5. The summed E-state index contributed by atoms with van der Waals surface area (Å²) in [5.74, 6) is 0.864. The Morgan fingerprint density at radius 3 is 2.94 bits per heavy atom. The van der Waals surface area contributed by atoms with Gasteiger partial charge >= 0.3 is 0 Å². The number of anilines is 2. The van der Waals surface area contributed by atoms with Crippen molar-refractivity contribution in [2.24, 2.45) is 0 Å². The summed E-state index contributed by atoms with van der Waals surface area (Å²) < 4.78 is 5.50. The largest absolute Gasteiger partial charge is 0.398 e. The predicted octanol–water partition coefficient (Wildman–Crippen LogP) is 1.95. The average molecular weight is 221 g/mol. The fraction of sp³-hybridized carbons (Fsp3) is 0.583. The molecule has 0 amide bonds. The number of rotatable bonds is 4. The minimum Gasteiger partial charge on any atom is -0.398 e. The third kappa shape index (κ3) is 2.44. The Morgan fingerprint density at radius 2 is 2.31 bits per heavy atom. The molecule has 0 bridgehead atoms. The summed E-state index contributed by atoms with van der Waals surface area (Å²) in [6.07, 6.45) is 4.34. The van der Waals surface area contributed by atoms with Crippen LogP contribution in [-0.4, -0.2) is 23.7 Å². The van der Waals surface area contributed by atoms with Crippen molar-refractivity contribution in [3.05, 3.63) is 17.8 Å². The van der Waals surface area contributed by atoms with Crippen molar-refractivity contribution < 1.29 is 4.74 Å². The SMILES string of the molecule is CCOC1CC(Nc2cc(N)c(C)cn2)C1. The Balaban J connectivity index is 1.84. The predicted molar refractivity (Wildman–Crippen MR) is 65.4 cm³/mol. The normalized spacial score (nSPS) is 23.9. The van der Waals surface area contributed by atoms with Gasteiger partial charge in [-0.05, 0) is 32.3 Å². The Hall–Kier alpha value is -1.29. The monoisotopic (exact) mass is 221 g/mol. The molecule has 0 aromatic carbocycles. The van der Waals surface area contributed by atoms with Crippen LogP contribution in [0.1, 0.15) is 25.3 Å². The second kappa shape index (κ2) is 4.70. The molecule has 4 nitrogen and oxygen atoms in total. The molecule has 16 heavy (non-hydrogen) atoms. The van der Waals surface area contributed by atoms with E-state index in [4.69, 9.17) is 10.5 Å². The minimum absolute atomic E-state index is 0.422. The van der Waals surface area contributed by atoms with Gasteiger partial charge in [0.05, 0.1) is 6.10 Å². The zero-order valence-corrected chi connectivity index (χ0v) is 9.86. The van der Waals surface area contributed by atoms with E-state index >= 15 is 0 Å². The van der Waals surface area contributed by atoms with E-state index in [1.54, 1.807) is 6.20 Å². The van der Waals surface area contributed by atoms with Gasteiger partial charge in [-0.3, -0.25) is 0 Å². The van der Waals surface area contributed by atoms with Gasteiger partial charge in [-0.2, -0.15) is 0 Å². The Bertz CT molecular complexity index is 361. The van der Waals surface area contributed by atoms with Crippen LogP contribution < -0.4 is 11.1 Å². The van der Waals surface area contributed by atoms with Gasteiger partial charge in [-0.1, -0.05) is 0 Å². The van der Waals surface area contributed by atoms with Gasteiger partial charge in [-0.25, -0.2) is 4.98 Å². The third-order valence-corrected chi connectivity index (χ3v) is 2.99. The quantitative estimate of drug-likeness (QED) is 0.816. The summed E-state index contributed by atoms with van der Waals surface area (Å²) in [7, 11) is 0. The van der Waals surface area contributed by atoms with Crippen LogP contribution in [0, 0.1) is 6.92 Å². The van der Waals surface area contributed by atoms with Crippen molar-refractivity contribution in [1.82, 2.24) is 4.98 Å². The highest BCUT2D eigenvalue weighted by atomic mass is 16.5. The van der Waals surface area contributed by atoms with Crippen LogP contribution >= 0.6 is 0 Å². The number of hydrogen-bond acceptors (Lipinski definition) is 4. The maximum atomic E-state index is 5.83. The van der Waals surface area contributed by atoms with Crippen molar-refractivity contribution in [2.45, 2.75) is 38.8 Å². The number of hydrogen-bond donors (Lipinski definition) is 2. The minimum atomic E-state index is 0.422. The molecule has 1 saturated carbocycles. The maximum absolute atomic E-state index is 5.83. The second-order valence-electron chi connectivity index (χ2n) is 4.32. The highest BCUT2D eigenvalue weighted by Crippen LogP contribution is 2.26. The lowest BCUT2D eigenvalue weighted by Crippen LogP contribution is -2.41. The Morgan fingerprint density at radius 1 is 1.56 bits per heavy atom. The molecule has 1 aliphatic carbocycles. The van der Waals surface area contributed by atoms with Crippen LogP contribution in [0.3, 0.4) is 0 Å². The molecule has 3 N–H and O–H groups in total. The first-order valence-corrected chi connectivity index (χ1v) is 5.79. The number of ether oxygens (including phenoxy) is 1. The van der Waals surface area contributed by atoms with Gasteiger partial charge in [0.25, 0.3) is 0 Å². The van der Waals surface area contributed by atoms with E-state index in [1.807, 2.05) is 19.9 Å². The van der Waals surface area contributed by atoms with Gasteiger partial charge in [0.2, 0.25) is 0 Å². The molecule has 0 radical (unpaired) electrons. The lowest BCUT2D eigenvalue weighted by atomic mass is 9.89. The first-order chi connectivity index (χ1) is 7.69. The van der Waals surface area contributed by atoms with E-state index in [0.29, 0.717) is 12.1 Å². The molecular weight excluding hydrogens is 202 g/mol. The lowest BCUT2D eigenvalue weighted by molar-refractivity contribution is 0.00293. The summed E-state index contributed by atoms with van der Waals surface area (Å²) >= 11 is 0. The van der Waals surface area contributed by atoms with E-state index in [0.717, 1.165) is 36.5 Å². The van der Waals surface area contributed by atoms with Crippen molar-refractivity contribution in [3.63, 3.8) is 0 Å². The third-order valence-electron chi connectivity index (χ3n) is 2.99. The highest BCUT2D eigenvalue weighted by molar-refractivity contribution is 5.53. The highest BCUT2D eigenvalue weighted by Gasteiger charge is 2.29. The van der Waals surface area contributed by atoms with Gasteiger partial charge in [0.1, 0.15) is 5.82 Å². The number of nitrogen functional groups attached to an aromatic ring is 1. The molecule has 1 aromatic rings. The molecule has 0 saturated heterocycles. The van der Waals surface area contributed by atoms with E-state index in [2.05, 4.69) is 10.3 Å². The molecule has 2 rings (SSSR count). The Kier molecular flexibility index (Phi) is 3.29. The van der Waals surface area contributed by atoms with Crippen molar-refractivity contribution in [3.8, 4) is 0 Å². The number of aryl methyl sites for hydroxylation is 1. The molecule has 0 aliphatic heterocycles. The second-order valence-corrected chi connectivity index (χ2v) is 4.32. The first kappa shape index (κ1) is 11.2. The number of nitrogens with one attached hydrogen (secondary N) is 1.